The zero-order chi connectivity index (χ0) is 14.3. The van der Waals surface area contributed by atoms with Gasteiger partial charge in [-0.25, -0.2) is 0 Å². The van der Waals surface area contributed by atoms with Crippen LogP contribution in [0.4, 0.5) is 0 Å². The lowest BCUT2D eigenvalue weighted by molar-refractivity contribution is -0.142. The van der Waals surface area contributed by atoms with Crippen molar-refractivity contribution >= 4 is 11.9 Å². The van der Waals surface area contributed by atoms with Gasteiger partial charge in [-0.1, -0.05) is 30.3 Å². The van der Waals surface area contributed by atoms with Gasteiger partial charge in [0.25, 0.3) is 0 Å². The number of rotatable bonds is 4. The van der Waals surface area contributed by atoms with Gasteiger partial charge in [0.2, 0.25) is 5.91 Å². The van der Waals surface area contributed by atoms with Gasteiger partial charge in [0.1, 0.15) is 0 Å². The monoisotopic (exact) mass is 271 g/mol. The first kappa shape index (κ1) is 12.9. The molecule has 1 saturated carbocycles. The molecular formula is C16H17NO3. The number of carboxylic acids is 1. The third kappa shape index (κ3) is 1.92. The van der Waals surface area contributed by atoms with Crippen molar-refractivity contribution in [2.75, 3.05) is 6.54 Å². The summed E-state index contributed by atoms with van der Waals surface area (Å²) in [4.78, 5) is 25.2. The maximum absolute atomic E-state index is 12.2. The summed E-state index contributed by atoms with van der Waals surface area (Å²) in [6.45, 7) is 2.41. The third-order valence-electron chi connectivity index (χ3n) is 4.45. The van der Waals surface area contributed by atoms with Crippen LogP contribution in [0.3, 0.4) is 0 Å². The molecule has 0 bridgehead atoms. The van der Waals surface area contributed by atoms with Gasteiger partial charge in [0.15, 0.2) is 0 Å². The minimum absolute atomic E-state index is 0.0398. The van der Waals surface area contributed by atoms with Crippen LogP contribution in [0.2, 0.25) is 0 Å². The Kier molecular flexibility index (Phi) is 2.89. The minimum atomic E-state index is -0.800. The first-order chi connectivity index (χ1) is 9.54. The van der Waals surface area contributed by atoms with Crippen LogP contribution >= 0.6 is 0 Å². The predicted molar refractivity (Wildman–Crippen MR) is 74.0 cm³/mol. The van der Waals surface area contributed by atoms with Crippen LogP contribution in [0.15, 0.2) is 42.0 Å². The number of hydrogen-bond donors (Lipinski definition) is 1. The Balaban J connectivity index is 1.80. The van der Waals surface area contributed by atoms with E-state index in [-0.39, 0.29) is 11.9 Å². The van der Waals surface area contributed by atoms with Gasteiger partial charge in [0, 0.05) is 12.6 Å². The van der Waals surface area contributed by atoms with Crippen molar-refractivity contribution in [3.63, 3.8) is 0 Å². The second kappa shape index (κ2) is 4.47. The van der Waals surface area contributed by atoms with Crippen LogP contribution in [0, 0.1) is 5.41 Å². The lowest BCUT2D eigenvalue weighted by Crippen LogP contribution is -2.30. The molecule has 1 amide bonds. The molecule has 3 rings (SSSR count). The van der Waals surface area contributed by atoms with E-state index in [4.69, 9.17) is 0 Å². The topological polar surface area (TPSA) is 57.6 Å². The summed E-state index contributed by atoms with van der Waals surface area (Å²) >= 11 is 0. The number of amides is 1. The summed E-state index contributed by atoms with van der Waals surface area (Å²) < 4.78 is 0. The minimum Gasteiger partial charge on any atom is -0.481 e. The van der Waals surface area contributed by atoms with E-state index in [1.165, 1.54) is 6.08 Å². The third-order valence-corrected chi connectivity index (χ3v) is 4.45. The summed E-state index contributed by atoms with van der Waals surface area (Å²) in [5, 5.41) is 9.32. The number of hydrogen-bond acceptors (Lipinski definition) is 2. The number of benzene rings is 1. The van der Waals surface area contributed by atoms with Gasteiger partial charge >= 0.3 is 5.97 Å². The van der Waals surface area contributed by atoms with E-state index in [0.29, 0.717) is 19.4 Å². The van der Waals surface area contributed by atoms with E-state index in [2.05, 4.69) is 0 Å². The standard InChI is InChI=1S/C16H17NO3/c1-11(12-5-3-2-4-6-12)17-10-13(9-14(17)18)16(7-8-16)15(19)20/h2-6,9,11H,7-8,10H2,1H3,(H,19,20)/t11-/m0/s1. The second-order valence-corrected chi connectivity index (χ2v) is 5.61. The molecule has 1 aliphatic heterocycles. The summed E-state index contributed by atoms with van der Waals surface area (Å²) in [7, 11) is 0. The van der Waals surface area contributed by atoms with E-state index in [9.17, 15) is 14.7 Å². The molecule has 1 fully saturated rings. The number of carbonyl (C=O) groups is 2. The smallest absolute Gasteiger partial charge is 0.313 e. The fourth-order valence-electron chi connectivity index (χ4n) is 2.87. The Labute approximate surface area is 117 Å². The maximum atomic E-state index is 12.2. The molecule has 104 valence electrons. The molecule has 0 aromatic heterocycles. The Hall–Kier alpha value is -2.10. The summed E-state index contributed by atoms with van der Waals surface area (Å²) in [6, 6.07) is 9.76. The zero-order valence-corrected chi connectivity index (χ0v) is 11.4. The summed E-state index contributed by atoms with van der Waals surface area (Å²) in [6.07, 6.45) is 2.82. The largest absolute Gasteiger partial charge is 0.481 e. The van der Waals surface area contributed by atoms with Crippen molar-refractivity contribution < 1.29 is 14.7 Å². The summed E-state index contributed by atoms with van der Waals surface area (Å²) in [5.74, 6) is -0.880. The number of nitrogens with zero attached hydrogens (tertiary/aromatic N) is 1. The van der Waals surface area contributed by atoms with Gasteiger partial charge in [-0.05, 0) is 30.9 Å². The van der Waals surface area contributed by atoms with Gasteiger partial charge in [-0.3, -0.25) is 9.59 Å². The highest BCUT2D eigenvalue weighted by molar-refractivity contribution is 5.95. The molecule has 1 atom stereocenters. The fourth-order valence-corrected chi connectivity index (χ4v) is 2.87. The molecule has 0 spiro atoms. The van der Waals surface area contributed by atoms with Gasteiger partial charge < -0.3 is 10.0 Å². The molecule has 0 saturated heterocycles. The normalized spacial score (nSPS) is 21.6. The van der Waals surface area contributed by atoms with Crippen molar-refractivity contribution in [3.8, 4) is 0 Å². The van der Waals surface area contributed by atoms with Crippen LogP contribution in [0.25, 0.3) is 0 Å². The first-order valence-electron chi connectivity index (χ1n) is 6.84. The molecule has 1 aliphatic carbocycles. The lowest BCUT2D eigenvalue weighted by atomic mass is 9.96. The molecule has 2 aliphatic rings. The maximum Gasteiger partial charge on any atom is 0.313 e. The Bertz CT molecular complexity index is 587. The van der Waals surface area contributed by atoms with Crippen LogP contribution < -0.4 is 0 Å². The number of carboxylic acid groups (broad SMARTS) is 1. The van der Waals surface area contributed by atoms with Crippen LogP contribution in [-0.2, 0) is 9.59 Å². The second-order valence-electron chi connectivity index (χ2n) is 5.61. The average molecular weight is 271 g/mol. The Morgan fingerprint density at radius 3 is 2.50 bits per heavy atom. The molecule has 1 aromatic carbocycles. The van der Waals surface area contributed by atoms with Crippen molar-refractivity contribution in [2.45, 2.75) is 25.8 Å². The van der Waals surface area contributed by atoms with Crippen LogP contribution in [0.5, 0.6) is 0 Å². The van der Waals surface area contributed by atoms with E-state index in [1.54, 1.807) is 4.90 Å². The predicted octanol–water partition coefficient (Wildman–Crippen LogP) is 2.38. The summed E-state index contributed by atoms with van der Waals surface area (Å²) in [5.41, 5.74) is 1.06. The number of aliphatic carboxylic acids is 1. The number of carbonyl (C=O) groups excluding carboxylic acids is 1. The van der Waals surface area contributed by atoms with Gasteiger partial charge in [-0.15, -0.1) is 0 Å². The lowest BCUT2D eigenvalue weighted by Gasteiger charge is -2.26. The highest BCUT2D eigenvalue weighted by Crippen LogP contribution is 2.53. The van der Waals surface area contributed by atoms with Gasteiger partial charge in [-0.2, -0.15) is 0 Å². The van der Waals surface area contributed by atoms with E-state index in [0.717, 1.165) is 11.1 Å². The van der Waals surface area contributed by atoms with E-state index < -0.39 is 11.4 Å². The van der Waals surface area contributed by atoms with Crippen molar-refractivity contribution in [2.24, 2.45) is 5.41 Å². The SMILES string of the molecule is C[C@@H](c1ccccc1)N1CC(C2(C(=O)O)CC2)=CC1=O. The molecule has 20 heavy (non-hydrogen) atoms. The first-order valence-corrected chi connectivity index (χ1v) is 6.84. The molecule has 4 nitrogen and oxygen atoms in total. The van der Waals surface area contributed by atoms with Crippen LogP contribution in [0.1, 0.15) is 31.4 Å². The Morgan fingerprint density at radius 1 is 1.30 bits per heavy atom. The highest BCUT2D eigenvalue weighted by Gasteiger charge is 2.55. The zero-order valence-electron chi connectivity index (χ0n) is 11.4. The molecule has 1 heterocycles. The molecule has 1 aromatic rings. The Morgan fingerprint density at radius 2 is 1.95 bits per heavy atom. The average Bonchev–Trinajstić information content (AvgIpc) is 3.18. The molecular weight excluding hydrogens is 254 g/mol. The molecule has 1 N–H and O–H groups in total. The molecule has 4 heteroatoms. The van der Waals surface area contributed by atoms with Crippen molar-refractivity contribution in [1.82, 2.24) is 4.90 Å². The quantitative estimate of drug-likeness (QED) is 0.914. The highest BCUT2D eigenvalue weighted by atomic mass is 16.4. The molecule has 0 unspecified atom stereocenters. The fraction of sp³-hybridized carbons (Fsp3) is 0.375. The van der Waals surface area contributed by atoms with E-state index >= 15 is 0 Å². The van der Waals surface area contributed by atoms with Crippen molar-refractivity contribution in [3.05, 3.63) is 47.5 Å². The van der Waals surface area contributed by atoms with Crippen LogP contribution in [-0.4, -0.2) is 28.4 Å². The molecule has 0 radical (unpaired) electrons. The van der Waals surface area contributed by atoms with Crippen molar-refractivity contribution in [1.29, 1.82) is 0 Å². The van der Waals surface area contributed by atoms with E-state index in [1.807, 2.05) is 37.3 Å². The van der Waals surface area contributed by atoms with Gasteiger partial charge in [0.05, 0.1) is 11.5 Å².